The van der Waals surface area contributed by atoms with Crippen LogP contribution in [0.5, 0.6) is 5.75 Å². The van der Waals surface area contributed by atoms with Crippen LogP contribution in [0.15, 0.2) is 53.5 Å². The van der Waals surface area contributed by atoms with Crippen molar-refractivity contribution in [3.05, 3.63) is 93.2 Å². The molecule has 5 rings (SSSR count). The lowest BCUT2D eigenvalue weighted by atomic mass is 9.79. The number of nitrogens with zero attached hydrogens (tertiary/aromatic N) is 3. The maximum absolute atomic E-state index is 15.3. The summed E-state index contributed by atoms with van der Waals surface area (Å²) in [6, 6.07) is 7.81. The Morgan fingerprint density at radius 1 is 1.10 bits per heavy atom. The lowest BCUT2D eigenvalue weighted by Gasteiger charge is -2.42. The zero-order chi connectivity index (χ0) is 27.7. The van der Waals surface area contributed by atoms with Crippen LogP contribution in [0.25, 0.3) is 0 Å². The molecule has 12 heteroatoms. The van der Waals surface area contributed by atoms with Crippen molar-refractivity contribution in [2.45, 2.75) is 37.8 Å². The monoisotopic (exact) mass is 543 g/mol. The van der Waals surface area contributed by atoms with Crippen LogP contribution in [0.4, 0.5) is 18.0 Å². The second kappa shape index (κ2) is 10.8. The largest absolute Gasteiger partial charge is 0.511 e. The number of amides is 1. The summed E-state index contributed by atoms with van der Waals surface area (Å²) in [6.07, 6.45) is 1.07. The van der Waals surface area contributed by atoms with Gasteiger partial charge in [-0.3, -0.25) is 14.3 Å². The van der Waals surface area contributed by atoms with Gasteiger partial charge in [0.15, 0.2) is 17.3 Å². The van der Waals surface area contributed by atoms with Gasteiger partial charge in [-0.15, -0.1) is 0 Å². The molecule has 2 aliphatic heterocycles. The van der Waals surface area contributed by atoms with Gasteiger partial charge in [0.1, 0.15) is 5.82 Å². The van der Waals surface area contributed by atoms with Crippen LogP contribution in [0.2, 0.25) is 0 Å². The molecule has 1 unspecified atom stereocenters. The minimum absolute atomic E-state index is 0.0210. The van der Waals surface area contributed by atoms with E-state index < -0.39 is 65.5 Å². The summed E-state index contributed by atoms with van der Waals surface area (Å²) in [5.41, 5.74) is -0.533. The van der Waals surface area contributed by atoms with Crippen LogP contribution < -0.4 is 10.2 Å². The number of rotatable bonds is 7. The maximum atomic E-state index is 15.3. The molecule has 1 aromatic heterocycles. The first-order valence-corrected chi connectivity index (χ1v) is 12.4. The van der Waals surface area contributed by atoms with Crippen LogP contribution >= 0.6 is 0 Å². The van der Waals surface area contributed by atoms with E-state index >= 15 is 4.39 Å². The molecule has 2 aromatic carbocycles. The van der Waals surface area contributed by atoms with E-state index in [4.69, 9.17) is 9.47 Å². The molecule has 0 radical (unpaired) electrons. The Morgan fingerprint density at radius 2 is 1.87 bits per heavy atom. The molecule has 3 atom stereocenters. The number of halogens is 3. The van der Waals surface area contributed by atoms with Gasteiger partial charge in [-0.05, 0) is 43.5 Å². The first-order valence-electron chi connectivity index (χ1n) is 12.4. The standard InChI is InChI=1S/C27H24F3N3O6/c1-2-37-27(36)39-14-38-25-20(34)13-31-33-23(19-7-4-12-32(19)26(35)24(25)33)21(15-8-10-16(28)11-9-15)17-5-3-6-18(29)22(17)30/h3,5-6,8-11,13,19,21,23H,2,4,7,12,14H2,1H3/t19-,21?,23-/m1/s1. The predicted octanol–water partition coefficient (Wildman–Crippen LogP) is 4.16. The summed E-state index contributed by atoms with van der Waals surface area (Å²) in [4.78, 5) is 39.5. The van der Waals surface area contributed by atoms with Gasteiger partial charge in [-0.2, -0.15) is 5.10 Å². The van der Waals surface area contributed by atoms with Gasteiger partial charge in [0.2, 0.25) is 18.0 Å². The normalized spacial score (nSPS) is 18.8. The SMILES string of the molecule is CCOC(=O)OCOc1c2n(ncc1=O)[C@@H](C(c1ccc(F)cc1)c1cccc(F)c1F)[C@H]1CCCN1C2=O. The number of aromatic nitrogens is 2. The highest BCUT2D eigenvalue weighted by atomic mass is 19.2. The average molecular weight is 543 g/mol. The molecule has 39 heavy (non-hydrogen) atoms. The Labute approximate surface area is 220 Å². The van der Waals surface area contributed by atoms with E-state index in [1.54, 1.807) is 11.8 Å². The molecule has 0 bridgehead atoms. The van der Waals surface area contributed by atoms with Gasteiger partial charge in [0.25, 0.3) is 5.91 Å². The summed E-state index contributed by atoms with van der Waals surface area (Å²) < 4.78 is 59.8. The third-order valence-electron chi connectivity index (χ3n) is 6.94. The van der Waals surface area contributed by atoms with Crippen molar-refractivity contribution < 1.29 is 37.0 Å². The highest BCUT2D eigenvalue weighted by Gasteiger charge is 2.49. The molecular formula is C27H24F3N3O6. The van der Waals surface area contributed by atoms with Gasteiger partial charge in [-0.1, -0.05) is 24.3 Å². The van der Waals surface area contributed by atoms with Gasteiger partial charge in [-0.25, -0.2) is 18.0 Å². The van der Waals surface area contributed by atoms with Crippen molar-refractivity contribution in [3.63, 3.8) is 0 Å². The van der Waals surface area contributed by atoms with Gasteiger partial charge in [0.05, 0.1) is 24.9 Å². The quantitative estimate of drug-likeness (QED) is 0.326. The molecule has 0 N–H and O–H groups in total. The summed E-state index contributed by atoms with van der Waals surface area (Å²) in [5, 5.41) is 4.24. The summed E-state index contributed by atoms with van der Waals surface area (Å²) in [6.45, 7) is 1.28. The van der Waals surface area contributed by atoms with Gasteiger partial charge < -0.3 is 19.1 Å². The molecule has 0 saturated carbocycles. The van der Waals surface area contributed by atoms with Gasteiger partial charge >= 0.3 is 6.16 Å². The minimum Gasteiger partial charge on any atom is -0.451 e. The summed E-state index contributed by atoms with van der Waals surface area (Å²) in [7, 11) is 0. The van der Waals surface area contributed by atoms with Crippen LogP contribution in [0, 0.1) is 17.5 Å². The Kier molecular flexibility index (Phi) is 7.27. The summed E-state index contributed by atoms with van der Waals surface area (Å²) >= 11 is 0. The van der Waals surface area contributed by atoms with Crippen molar-refractivity contribution in [1.29, 1.82) is 0 Å². The van der Waals surface area contributed by atoms with Crippen LogP contribution in [-0.4, -0.2) is 52.7 Å². The average Bonchev–Trinajstić information content (AvgIpc) is 3.41. The molecule has 204 valence electrons. The maximum Gasteiger partial charge on any atom is 0.511 e. The summed E-state index contributed by atoms with van der Waals surface area (Å²) in [5.74, 6) is -4.55. The fourth-order valence-corrected chi connectivity index (χ4v) is 5.36. The van der Waals surface area contributed by atoms with E-state index in [2.05, 4.69) is 9.84 Å². The number of benzene rings is 2. The third-order valence-corrected chi connectivity index (χ3v) is 6.94. The fourth-order valence-electron chi connectivity index (χ4n) is 5.36. The smallest absolute Gasteiger partial charge is 0.451 e. The molecule has 0 aliphatic carbocycles. The number of hydrogen-bond donors (Lipinski definition) is 0. The van der Waals surface area contributed by atoms with E-state index in [1.165, 1.54) is 41.1 Å². The number of carbonyl (C=O) groups is 2. The lowest BCUT2D eigenvalue weighted by Crippen LogP contribution is -2.51. The van der Waals surface area contributed by atoms with Crippen LogP contribution in [-0.2, 0) is 9.47 Å². The molecular weight excluding hydrogens is 519 g/mol. The van der Waals surface area contributed by atoms with E-state index in [0.717, 1.165) is 12.3 Å². The molecule has 3 aromatic rings. The van der Waals surface area contributed by atoms with Crippen LogP contribution in [0.1, 0.15) is 53.3 Å². The molecule has 1 amide bonds. The van der Waals surface area contributed by atoms with E-state index in [1.807, 2.05) is 0 Å². The molecule has 9 nitrogen and oxygen atoms in total. The predicted molar refractivity (Wildman–Crippen MR) is 130 cm³/mol. The van der Waals surface area contributed by atoms with E-state index in [0.29, 0.717) is 24.9 Å². The number of hydrogen-bond acceptors (Lipinski definition) is 7. The lowest BCUT2D eigenvalue weighted by molar-refractivity contribution is 0.00496. The van der Waals surface area contributed by atoms with E-state index in [9.17, 15) is 23.2 Å². The van der Waals surface area contributed by atoms with Crippen molar-refractivity contribution in [3.8, 4) is 5.75 Å². The fraction of sp³-hybridized carbons (Fsp3) is 0.333. The molecule has 1 saturated heterocycles. The van der Waals surface area contributed by atoms with Crippen LogP contribution in [0.3, 0.4) is 0 Å². The Balaban J connectivity index is 1.67. The van der Waals surface area contributed by atoms with Crippen molar-refractivity contribution >= 4 is 12.1 Å². The van der Waals surface area contributed by atoms with Crippen molar-refractivity contribution in [2.75, 3.05) is 19.9 Å². The topological polar surface area (TPSA) is 100.0 Å². The molecule has 3 heterocycles. The van der Waals surface area contributed by atoms with E-state index in [-0.39, 0.29) is 17.9 Å². The number of ether oxygens (including phenoxy) is 3. The molecule has 1 fully saturated rings. The number of carbonyl (C=O) groups excluding carboxylic acids is 2. The zero-order valence-electron chi connectivity index (χ0n) is 20.8. The Bertz CT molecular complexity index is 1460. The van der Waals surface area contributed by atoms with Crippen molar-refractivity contribution in [1.82, 2.24) is 14.7 Å². The third kappa shape index (κ3) is 4.82. The highest BCUT2D eigenvalue weighted by molar-refractivity contribution is 5.96. The molecule has 2 aliphatic rings. The minimum atomic E-state index is -1.09. The second-order valence-corrected chi connectivity index (χ2v) is 9.09. The second-order valence-electron chi connectivity index (χ2n) is 9.09. The Hall–Kier alpha value is -4.35. The number of fused-ring (bicyclic) bond motifs is 2. The zero-order valence-corrected chi connectivity index (χ0v) is 20.8. The first kappa shape index (κ1) is 26.3. The van der Waals surface area contributed by atoms with Crippen molar-refractivity contribution in [2.24, 2.45) is 0 Å². The Morgan fingerprint density at radius 3 is 2.62 bits per heavy atom. The first-order chi connectivity index (χ1) is 18.8. The molecule has 0 spiro atoms. The van der Waals surface area contributed by atoms with Gasteiger partial charge in [0, 0.05) is 18.0 Å². The highest BCUT2D eigenvalue weighted by Crippen LogP contribution is 2.46.